The second-order valence-corrected chi connectivity index (χ2v) is 7.69. The minimum Gasteiger partial charge on any atom is -0.444 e. The van der Waals surface area contributed by atoms with Gasteiger partial charge in [-0.05, 0) is 41.5 Å². The fraction of sp³-hybridized carbons (Fsp3) is 0.857. The van der Waals surface area contributed by atoms with Crippen LogP contribution in [0, 0.1) is 0 Å². The topological polar surface area (TPSA) is 76.7 Å². The highest BCUT2D eigenvalue weighted by Gasteiger charge is 2.16. The van der Waals surface area contributed by atoms with Crippen molar-refractivity contribution in [1.29, 1.82) is 0 Å². The predicted molar refractivity (Wildman–Crippen MR) is 85.8 cm³/mol. The van der Waals surface area contributed by atoms with E-state index in [1.54, 1.807) is 11.8 Å². The number of nitrogens with one attached hydrogen (secondary N) is 2. The van der Waals surface area contributed by atoms with E-state index in [0.29, 0.717) is 13.1 Å². The third kappa shape index (κ3) is 15.1. The van der Waals surface area contributed by atoms with E-state index >= 15 is 0 Å². The molecule has 0 aromatic heterocycles. The van der Waals surface area contributed by atoms with Crippen LogP contribution in [0.5, 0.6) is 0 Å². The van der Waals surface area contributed by atoms with Crippen molar-refractivity contribution in [3.05, 3.63) is 0 Å². The monoisotopic (exact) mass is 320 g/mol. The van der Waals surface area contributed by atoms with Crippen molar-refractivity contribution in [3.8, 4) is 0 Å². The fourth-order valence-electron chi connectivity index (χ4n) is 1.18. The summed E-state index contributed by atoms with van der Waals surface area (Å²) in [6.45, 7) is 12.0. The molecular weight excluding hydrogens is 292 g/mol. The standard InChI is InChI=1S/C14H28N2O4S/c1-13(2,3)19-11(17)15-7-9-21-10-8-16-12(18)20-14(4,5)6/h7-10H2,1-6H3,(H,15,17)(H,16,18). The van der Waals surface area contributed by atoms with Gasteiger partial charge in [0.1, 0.15) is 11.2 Å². The Bertz CT molecular complexity index is 303. The number of carbonyl (C=O) groups is 2. The molecule has 0 aliphatic carbocycles. The zero-order valence-electron chi connectivity index (χ0n) is 13.9. The number of amides is 2. The molecule has 0 atom stereocenters. The van der Waals surface area contributed by atoms with Crippen LogP contribution in [0.2, 0.25) is 0 Å². The van der Waals surface area contributed by atoms with Crippen LogP contribution in [0.4, 0.5) is 9.59 Å². The van der Waals surface area contributed by atoms with Gasteiger partial charge < -0.3 is 20.1 Å². The van der Waals surface area contributed by atoms with Crippen molar-refractivity contribution in [2.24, 2.45) is 0 Å². The maximum absolute atomic E-state index is 11.4. The van der Waals surface area contributed by atoms with Gasteiger partial charge in [0.05, 0.1) is 0 Å². The summed E-state index contributed by atoms with van der Waals surface area (Å²) in [6, 6.07) is 0. The highest BCUT2D eigenvalue weighted by molar-refractivity contribution is 7.99. The molecule has 7 heteroatoms. The molecule has 0 aromatic carbocycles. The number of carbonyl (C=O) groups excluding carboxylic acids is 2. The Hall–Kier alpha value is -1.11. The van der Waals surface area contributed by atoms with Crippen molar-refractivity contribution in [2.45, 2.75) is 52.7 Å². The number of hydrogen-bond acceptors (Lipinski definition) is 5. The minimum atomic E-state index is -0.478. The number of thioether (sulfide) groups is 1. The SMILES string of the molecule is CC(C)(C)OC(=O)NCCSCCNC(=O)OC(C)(C)C. The molecule has 21 heavy (non-hydrogen) atoms. The third-order valence-electron chi connectivity index (χ3n) is 1.83. The Morgan fingerprint density at radius 1 is 0.810 bits per heavy atom. The van der Waals surface area contributed by atoms with Gasteiger partial charge in [-0.25, -0.2) is 9.59 Å². The summed E-state index contributed by atoms with van der Waals surface area (Å²) in [6.07, 6.45) is -0.815. The first-order chi connectivity index (χ1) is 9.49. The van der Waals surface area contributed by atoms with Crippen LogP contribution >= 0.6 is 11.8 Å². The van der Waals surface area contributed by atoms with Crippen LogP contribution in [0.25, 0.3) is 0 Å². The summed E-state index contributed by atoms with van der Waals surface area (Å²) in [4.78, 5) is 22.7. The van der Waals surface area contributed by atoms with E-state index in [9.17, 15) is 9.59 Å². The average Bonchev–Trinajstić information content (AvgIpc) is 2.22. The van der Waals surface area contributed by atoms with Crippen LogP contribution in [0.1, 0.15) is 41.5 Å². The first-order valence-electron chi connectivity index (χ1n) is 7.01. The second-order valence-electron chi connectivity index (χ2n) is 6.47. The first-order valence-corrected chi connectivity index (χ1v) is 8.16. The van der Waals surface area contributed by atoms with Gasteiger partial charge in [-0.1, -0.05) is 0 Å². The molecule has 0 fully saturated rings. The molecule has 0 spiro atoms. The largest absolute Gasteiger partial charge is 0.444 e. The molecule has 0 radical (unpaired) electrons. The lowest BCUT2D eigenvalue weighted by Gasteiger charge is -2.20. The van der Waals surface area contributed by atoms with E-state index in [4.69, 9.17) is 9.47 Å². The molecule has 2 amide bonds. The van der Waals surface area contributed by atoms with Gasteiger partial charge in [-0.3, -0.25) is 0 Å². The fourth-order valence-corrected chi connectivity index (χ4v) is 1.88. The summed E-state index contributed by atoms with van der Waals surface area (Å²) in [5, 5.41) is 5.35. The van der Waals surface area contributed by atoms with Gasteiger partial charge in [0.25, 0.3) is 0 Å². The summed E-state index contributed by atoms with van der Waals surface area (Å²) < 4.78 is 10.2. The van der Waals surface area contributed by atoms with E-state index in [0.717, 1.165) is 11.5 Å². The molecule has 0 saturated carbocycles. The summed E-state index contributed by atoms with van der Waals surface area (Å²) in [5.41, 5.74) is -0.955. The lowest BCUT2D eigenvalue weighted by molar-refractivity contribution is 0.0520. The maximum atomic E-state index is 11.4. The van der Waals surface area contributed by atoms with Crippen LogP contribution in [0.15, 0.2) is 0 Å². The summed E-state index contributed by atoms with van der Waals surface area (Å²) in [5.74, 6) is 1.52. The van der Waals surface area contributed by atoms with Crippen LogP contribution in [0.3, 0.4) is 0 Å². The molecule has 0 rings (SSSR count). The second kappa shape index (κ2) is 9.02. The molecule has 0 bridgehead atoms. The molecular formula is C14H28N2O4S. The zero-order chi connectivity index (χ0) is 16.5. The Morgan fingerprint density at radius 2 is 1.14 bits per heavy atom. The maximum Gasteiger partial charge on any atom is 0.407 e. The van der Waals surface area contributed by atoms with Crippen LogP contribution < -0.4 is 10.6 Å². The highest BCUT2D eigenvalue weighted by Crippen LogP contribution is 2.07. The van der Waals surface area contributed by atoms with Gasteiger partial charge in [0.15, 0.2) is 0 Å². The Kier molecular flexibility index (Phi) is 8.54. The molecule has 0 aromatic rings. The predicted octanol–water partition coefficient (Wildman–Crippen LogP) is 2.77. The molecule has 0 saturated heterocycles. The molecule has 0 aliphatic heterocycles. The minimum absolute atomic E-state index is 0.407. The Balaban J connectivity index is 3.49. The lowest BCUT2D eigenvalue weighted by atomic mass is 10.2. The Labute approximate surface area is 131 Å². The smallest absolute Gasteiger partial charge is 0.407 e. The molecule has 6 nitrogen and oxygen atoms in total. The number of alkyl carbamates (subject to hydrolysis) is 2. The lowest BCUT2D eigenvalue weighted by Crippen LogP contribution is -2.34. The van der Waals surface area contributed by atoms with Gasteiger partial charge in [0, 0.05) is 24.6 Å². The van der Waals surface area contributed by atoms with E-state index in [1.807, 2.05) is 41.5 Å². The Morgan fingerprint density at radius 3 is 1.43 bits per heavy atom. The van der Waals surface area contributed by atoms with E-state index in [2.05, 4.69) is 10.6 Å². The quantitative estimate of drug-likeness (QED) is 0.736. The van der Waals surface area contributed by atoms with Gasteiger partial charge in [-0.15, -0.1) is 0 Å². The van der Waals surface area contributed by atoms with Gasteiger partial charge in [-0.2, -0.15) is 11.8 Å². The van der Waals surface area contributed by atoms with E-state index in [1.165, 1.54) is 0 Å². The van der Waals surface area contributed by atoms with Crippen molar-refractivity contribution in [1.82, 2.24) is 10.6 Å². The van der Waals surface area contributed by atoms with Gasteiger partial charge in [0.2, 0.25) is 0 Å². The summed E-state index contributed by atoms with van der Waals surface area (Å²) in [7, 11) is 0. The van der Waals surface area contributed by atoms with Crippen molar-refractivity contribution in [3.63, 3.8) is 0 Å². The normalized spacial score (nSPS) is 11.7. The zero-order valence-corrected chi connectivity index (χ0v) is 14.7. The van der Waals surface area contributed by atoms with Gasteiger partial charge >= 0.3 is 12.2 Å². The number of hydrogen-bond donors (Lipinski definition) is 2. The molecule has 0 unspecified atom stereocenters. The van der Waals surface area contributed by atoms with Crippen molar-refractivity contribution < 1.29 is 19.1 Å². The average molecular weight is 320 g/mol. The number of ether oxygens (including phenoxy) is 2. The van der Waals surface area contributed by atoms with E-state index < -0.39 is 23.4 Å². The third-order valence-corrected chi connectivity index (χ3v) is 2.81. The molecule has 2 N–H and O–H groups in total. The molecule has 0 aliphatic rings. The first kappa shape index (κ1) is 19.9. The number of rotatable bonds is 6. The summed E-state index contributed by atoms with van der Waals surface area (Å²) >= 11 is 1.63. The van der Waals surface area contributed by atoms with Crippen LogP contribution in [-0.2, 0) is 9.47 Å². The van der Waals surface area contributed by atoms with Crippen molar-refractivity contribution >= 4 is 23.9 Å². The van der Waals surface area contributed by atoms with Crippen molar-refractivity contribution in [2.75, 3.05) is 24.6 Å². The molecule has 0 heterocycles. The molecule has 124 valence electrons. The van der Waals surface area contributed by atoms with E-state index in [-0.39, 0.29) is 0 Å². The highest BCUT2D eigenvalue weighted by atomic mass is 32.2. The van der Waals surface area contributed by atoms with Crippen LogP contribution in [-0.4, -0.2) is 48.0 Å².